The Bertz CT molecular complexity index is 807. The lowest BCUT2D eigenvalue weighted by molar-refractivity contribution is -0.123. The van der Waals surface area contributed by atoms with Crippen molar-refractivity contribution >= 4 is 17.6 Å². The fourth-order valence-electron chi connectivity index (χ4n) is 2.48. The van der Waals surface area contributed by atoms with Crippen LogP contribution in [0.5, 0.6) is 11.6 Å². The van der Waals surface area contributed by atoms with Gasteiger partial charge in [0.15, 0.2) is 0 Å². The molecule has 1 aliphatic rings. The van der Waals surface area contributed by atoms with E-state index >= 15 is 0 Å². The summed E-state index contributed by atoms with van der Waals surface area (Å²) in [5.41, 5.74) is 2.58. The van der Waals surface area contributed by atoms with Gasteiger partial charge in [0, 0.05) is 37.1 Å². The highest BCUT2D eigenvalue weighted by Crippen LogP contribution is 2.27. The maximum atomic E-state index is 12.3. The van der Waals surface area contributed by atoms with Crippen LogP contribution in [-0.4, -0.2) is 41.5 Å². The lowest BCUT2D eigenvalue weighted by Crippen LogP contribution is -2.51. The van der Waals surface area contributed by atoms with Crippen LogP contribution in [0.15, 0.2) is 36.5 Å². The minimum absolute atomic E-state index is 0.0638. The van der Waals surface area contributed by atoms with Crippen molar-refractivity contribution in [1.29, 1.82) is 0 Å². The number of aryl methyl sites for hydroxylation is 2. The van der Waals surface area contributed by atoms with E-state index < -0.39 is 0 Å². The van der Waals surface area contributed by atoms with Crippen LogP contribution in [0, 0.1) is 13.8 Å². The number of benzene rings is 1. The zero-order valence-electron chi connectivity index (χ0n) is 14.2. The molecule has 0 atom stereocenters. The molecule has 7 heteroatoms. The summed E-state index contributed by atoms with van der Waals surface area (Å²) in [7, 11) is 0. The lowest BCUT2D eigenvalue weighted by atomic mass is 10.2. The molecule has 2 heterocycles. The SMILES string of the molecule is Cc1ccnc(Oc2cc(NC(=O)N3CCNC(=O)C3)ccc2C)c1. The smallest absolute Gasteiger partial charge is 0.322 e. The largest absolute Gasteiger partial charge is 0.439 e. The Morgan fingerprint density at radius 3 is 2.88 bits per heavy atom. The molecule has 130 valence electrons. The highest BCUT2D eigenvalue weighted by molar-refractivity contribution is 5.93. The zero-order valence-corrected chi connectivity index (χ0v) is 14.2. The number of anilines is 1. The van der Waals surface area contributed by atoms with Crippen LogP contribution >= 0.6 is 0 Å². The first-order chi connectivity index (χ1) is 12.0. The third-order valence-electron chi connectivity index (χ3n) is 3.87. The van der Waals surface area contributed by atoms with Crippen LogP contribution in [-0.2, 0) is 4.79 Å². The van der Waals surface area contributed by atoms with Crippen molar-refractivity contribution in [2.45, 2.75) is 13.8 Å². The zero-order chi connectivity index (χ0) is 17.8. The van der Waals surface area contributed by atoms with Gasteiger partial charge in [0.05, 0.1) is 0 Å². The van der Waals surface area contributed by atoms with E-state index in [0.29, 0.717) is 30.4 Å². The molecule has 0 aliphatic carbocycles. The van der Waals surface area contributed by atoms with E-state index in [2.05, 4.69) is 15.6 Å². The molecule has 1 saturated heterocycles. The number of nitrogens with one attached hydrogen (secondary N) is 2. The fourth-order valence-corrected chi connectivity index (χ4v) is 2.48. The second-order valence-corrected chi connectivity index (χ2v) is 5.96. The van der Waals surface area contributed by atoms with Crippen molar-refractivity contribution < 1.29 is 14.3 Å². The molecule has 25 heavy (non-hydrogen) atoms. The van der Waals surface area contributed by atoms with Gasteiger partial charge >= 0.3 is 6.03 Å². The van der Waals surface area contributed by atoms with Crippen LogP contribution < -0.4 is 15.4 Å². The van der Waals surface area contributed by atoms with E-state index in [1.165, 1.54) is 4.90 Å². The summed E-state index contributed by atoms with van der Waals surface area (Å²) in [5.74, 6) is 0.964. The van der Waals surface area contributed by atoms with Gasteiger partial charge in [-0.15, -0.1) is 0 Å². The molecule has 0 bridgehead atoms. The molecule has 3 amide bonds. The van der Waals surface area contributed by atoms with Gasteiger partial charge in [0.25, 0.3) is 0 Å². The highest BCUT2D eigenvalue weighted by atomic mass is 16.5. The number of pyridine rings is 1. The summed E-state index contributed by atoms with van der Waals surface area (Å²) in [6, 6.07) is 8.85. The third kappa shape index (κ3) is 4.26. The summed E-state index contributed by atoms with van der Waals surface area (Å²) >= 11 is 0. The predicted octanol–water partition coefficient (Wildman–Crippen LogP) is 2.45. The fraction of sp³-hybridized carbons (Fsp3) is 0.278. The van der Waals surface area contributed by atoms with E-state index in [-0.39, 0.29) is 18.5 Å². The number of amides is 3. The number of rotatable bonds is 3. The second kappa shape index (κ2) is 7.21. The number of piperazine rings is 1. The molecular weight excluding hydrogens is 320 g/mol. The van der Waals surface area contributed by atoms with Gasteiger partial charge in [-0.1, -0.05) is 6.07 Å². The first-order valence-electron chi connectivity index (χ1n) is 8.05. The first kappa shape index (κ1) is 16.8. The number of hydrogen-bond acceptors (Lipinski definition) is 4. The maximum Gasteiger partial charge on any atom is 0.322 e. The van der Waals surface area contributed by atoms with Gasteiger partial charge in [-0.05, 0) is 37.1 Å². The summed E-state index contributed by atoms with van der Waals surface area (Å²) in [6.45, 7) is 4.90. The van der Waals surface area contributed by atoms with E-state index in [4.69, 9.17) is 4.74 Å². The Morgan fingerprint density at radius 2 is 2.12 bits per heavy atom. The normalized spacial score (nSPS) is 14.0. The van der Waals surface area contributed by atoms with Crippen molar-refractivity contribution in [2.75, 3.05) is 25.0 Å². The topological polar surface area (TPSA) is 83.6 Å². The molecule has 1 aliphatic heterocycles. The maximum absolute atomic E-state index is 12.3. The summed E-state index contributed by atoms with van der Waals surface area (Å²) in [4.78, 5) is 29.4. The van der Waals surface area contributed by atoms with Gasteiger partial charge in [-0.3, -0.25) is 4.79 Å². The minimum atomic E-state index is -0.307. The van der Waals surface area contributed by atoms with Crippen molar-refractivity contribution in [3.63, 3.8) is 0 Å². The van der Waals surface area contributed by atoms with Crippen molar-refractivity contribution in [2.24, 2.45) is 0 Å². The molecule has 0 spiro atoms. The third-order valence-corrected chi connectivity index (χ3v) is 3.87. The molecule has 1 fully saturated rings. The van der Waals surface area contributed by atoms with Crippen LogP contribution in [0.2, 0.25) is 0 Å². The van der Waals surface area contributed by atoms with E-state index in [9.17, 15) is 9.59 Å². The standard InChI is InChI=1S/C18H20N4O3/c1-12-5-6-20-17(9-12)25-15-10-14(4-3-13(15)2)21-18(24)22-8-7-19-16(23)11-22/h3-6,9-10H,7-8,11H2,1-2H3,(H,19,23)(H,21,24). The minimum Gasteiger partial charge on any atom is -0.439 e. The van der Waals surface area contributed by atoms with E-state index in [1.807, 2.05) is 32.0 Å². The first-order valence-corrected chi connectivity index (χ1v) is 8.05. The van der Waals surface area contributed by atoms with Crippen LogP contribution in [0.1, 0.15) is 11.1 Å². The van der Waals surface area contributed by atoms with E-state index in [0.717, 1.165) is 11.1 Å². The molecule has 0 saturated carbocycles. The number of carbonyl (C=O) groups excluding carboxylic acids is 2. The number of carbonyl (C=O) groups is 2. The molecule has 3 rings (SSSR count). The molecular formula is C18H20N4O3. The molecule has 2 aromatic rings. The van der Waals surface area contributed by atoms with E-state index in [1.54, 1.807) is 18.3 Å². The number of urea groups is 1. The highest BCUT2D eigenvalue weighted by Gasteiger charge is 2.21. The second-order valence-electron chi connectivity index (χ2n) is 5.96. The van der Waals surface area contributed by atoms with Crippen molar-refractivity contribution in [1.82, 2.24) is 15.2 Å². The molecule has 1 aromatic heterocycles. The molecule has 0 radical (unpaired) electrons. The van der Waals surface area contributed by atoms with Gasteiger partial charge in [-0.25, -0.2) is 9.78 Å². The van der Waals surface area contributed by atoms with Gasteiger partial charge < -0.3 is 20.3 Å². The predicted molar refractivity (Wildman–Crippen MR) is 93.8 cm³/mol. The quantitative estimate of drug-likeness (QED) is 0.899. The van der Waals surface area contributed by atoms with Gasteiger partial charge in [0.2, 0.25) is 11.8 Å². The molecule has 1 aromatic carbocycles. The molecule has 2 N–H and O–H groups in total. The average molecular weight is 340 g/mol. The van der Waals surface area contributed by atoms with Crippen LogP contribution in [0.25, 0.3) is 0 Å². The average Bonchev–Trinajstić information content (AvgIpc) is 2.58. The van der Waals surface area contributed by atoms with Crippen LogP contribution in [0.4, 0.5) is 10.5 Å². The van der Waals surface area contributed by atoms with Gasteiger partial charge in [0.1, 0.15) is 12.3 Å². The van der Waals surface area contributed by atoms with Gasteiger partial charge in [-0.2, -0.15) is 0 Å². The Labute approximate surface area is 146 Å². The monoisotopic (exact) mass is 340 g/mol. The number of aromatic nitrogens is 1. The molecule has 7 nitrogen and oxygen atoms in total. The summed E-state index contributed by atoms with van der Waals surface area (Å²) in [6.07, 6.45) is 1.69. The Hall–Kier alpha value is -3.09. The number of nitrogens with zero attached hydrogens (tertiary/aromatic N) is 2. The Kier molecular flexibility index (Phi) is 4.83. The summed E-state index contributed by atoms with van der Waals surface area (Å²) in [5, 5.41) is 5.50. The molecule has 0 unspecified atom stereocenters. The van der Waals surface area contributed by atoms with Crippen molar-refractivity contribution in [3.05, 3.63) is 47.7 Å². The van der Waals surface area contributed by atoms with Crippen LogP contribution in [0.3, 0.4) is 0 Å². The lowest BCUT2D eigenvalue weighted by Gasteiger charge is -2.26. The number of ether oxygens (including phenoxy) is 1. The van der Waals surface area contributed by atoms with Crippen molar-refractivity contribution in [3.8, 4) is 11.6 Å². The number of hydrogen-bond donors (Lipinski definition) is 2. The Morgan fingerprint density at radius 1 is 1.28 bits per heavy atom. The summed E-state index contributed by atoms with van der Waals surface area (Å²) < 4.78 is 5.83. The Balaban J connectivity index is 1.72.